The van der Waals surface area contributed by atoms with E-state index in [4.69, 9.17) is 11.6 Å². The normalized spacial score (nSPS) is 17.3. The fourth-order valence-corrected chi connectivity index (χ4v) is 5.78. The van der Waals surface area contributed by atoms with Gasteiger partial charge in [0.05, 0.1) is 4.34 Å². The Bertz CT molecular complexity index is 691. The zero-order valence-corrected chi connectivity index (χ0v) is 14.2. The van der Waals surface area contributed by atoms with E-state index in [0.717, 1.165) is 42.4 Å². The van der Waals surface area contributed by atoms with Crippen LogP contribution in [-0.2, 0) is 10.0 Å². The molecule has 5 nitrogen and oxygen atoms in total. The van der Waals surface area contributed by atoms with Crippen molar-refractivity contribution in [3.63, 3.8) is 0 Å². The average Bonchev–Trinajstić information content (AvgIpc) is 3.10. The molecule has 1 fully saturated rings. The van der Waals surface area contributed by atoms with Gasteiger partial charge < -0.3 is 4.90 Å². The third kappa shape index (κ3) is 3.57. The maximum Gasteiger partial charge on any atom is 0.250 e. The van der Waals surface area contributed by atoms with Crippen LogP contribution >= 0.6 is 34.3 Å². The van der Waals surface area contributed by atoms with Crippen LogP contribution in [0.1, 0.15) is 12.8 Å². The predicted molar refractivity (Wildman–Crippen MR) is 87.0 cm³/mol. The molecule has 0 saturated carbocycles. The number of anilines is 1. The molecule has 3 rings (SSSR count). The van der Waals surface area contributed by atoms with Crippen molar-refractivity contribution in [2.75, 3.05) is 18.0 Å². The molecule has 1 saturated heterocycles. The Balaban J connectivity index is 1.60. The van der Waals surface area contributed by atoms with Gasteiger partial charge in [0.2, 0.25) is 10.0 Å². The molecule has 114 valence electrons. The number of nitrogens with one attached hydrogen (secondary N) is 1. The highest BCUT2D eigenvalue weighted by molar-refractivity contribution is 7.91. The summed E-state index contributed by atoms with van der Waals surface area (Å²) in [5, 5.41) is 2.95. The molecule has 9 heteroatoms. The van der Waals surface area contributed by atoms with Crippen LogP contribution in [0, 0.1) is 0 Å². The highest BCUT2D eigenvalue weighted by Gasteiger charge is 2.26. The van der Waals surface area contributed by atoms with Crippen molar-refractivity contribution >= 4 is 49.4 Å². The first-order valence-corrected chi connectivity index (χ1v) is 10.0. The van der Waals surface area contributed by atoms with Crippen molar-refractivity contribution in [2.24, 2.45) is 0 Å². The molecular weight excluding hydrogens is 350 g/mol. The number of sulfonamides is 1. The summed E-state index contributed by atoms with van der Waals surface area (Å²) in [6, 6.07) is 3.11. The molecule has 1 aliphatic rings. The van der Waals surface area contributed by atoms with Crippen LogP contribution in [0.4, 0.5) is 5.13 Å². The number of hydrogen-bond donors (Lipinski definition) is 1. The molecule has 0 atom stereocenters. The first kappa shape index (κ1) is 15.2. The first-order chi connectivity index (χ1) is 10.0. The lowest BCUT2D eigenvalue weighted by Crippen LogP contribution is -2.44. The third-order valence-corrected chi connectivity index (χ3v) is 7.40. The number of nitrogens with zero attached hydrogens (tertiary/aromatic N) is 2. The Morgan fingerprint density at radius 3 is 2.67 bits per heavy atom. The zero-order valence-electron chi connectivity index (χ0n) is 11.0. The van der Waals surface area contributed by atoms with Crippen molar-refractivity contribution in [3.8, 4) is 0 Å². The smallest absolute Gasteiger partial charge is 0.250 e. The molecule has 0 radical (unpaired) electrons. The molecular formula is C12H14ClN3O2S3. The molecule has 1 aliphatic heterocycles. The van der Waals surface area contributed by atoms with E-state index in [1.807, 2.05) is 5.38 Å². The summed E-state index contributed by atoms with van der Waals surface area (Å²) >= 11 is 8.48. The Morgan fingerprint density at radius 1 is 1.33 bits per heavy atom. The maximum absolute atomic E-state index is 12.2. The summed E-state index contributed by atoms with van der Waals surface area (Å²) < 4.78 is 28.0. The predicted octanol–water partition coefficient (Wildman–Crippen LogP) is 2.81. The molecule has 21 heavy (non-hydrogen) atoms. The van der Waals surface area contributed by atoms with Crippen LogP contribution in [0.25, 0.3) is 0 Å². The highest BCUT2D eigenvalue weighted by Crippen LogP contribution is 2.27. The molecule has 3 heterocycles. The highest BCUT2D eigenvalue weighted by atomic mass is 35.5. The van der Waals surface area contributed by atoms with Gasteiger partial charge in [0.25, 0.3) is 0 Å². The largest absolute Gasteiger partial charge is 0.348 e. The summed E-state index contributed by atoms with van der Waals surface area (Å²) in [6.45, 7) is 1.62. The molecule has 1 N–H and O–H groups in total. The molecule has 0 spiro atoms. The summed E-state index contributed by atoms with van der Waals surface area (Å²) in [6.07, 6.45) is 3.34. The molecule has 0 aromatic carbocycles. The van der Waals surface area contributed by atoms with Gasteiger partial charge in [0, 0.05) is 30.7 Å². The summed E-state index contributed by atoms with van der Waals surface area (Å²) in [7, 11) is -3.46. The van der Waals surface area contributed by atoms with Crippen molar-refractivity contribution in [1.82, 2.24) is 9.71 Å². The third-order valence-electron chi connectivity index (χ3n) is 3.32. The van der Waals surface area contributed by atoms with Gasteiger partial charge in [-0.3, -0.25) is 0 Å². The van der Waals surface area contributed by atoms with E-state index in [9.17, 15) is 8.42 Å². The van der Waals surface area contributed by atoms with Gasteiger partial charge in [-0.1, -0.05) is 11.6 Å². The lowest BCUT2D eigenvalue weighted by Gasteiger charge is -2.31. The lowest BCUT2D eigenvalue weighted by atomic mass is 10.1. The fourth-order valence-electron chi connectivity index (χ4n) is 2.28. The summed E-state index contributed by atoms with van der Waals surface area (Å²) in [5.41, 5.74) is 0. The SMILES string of the molecule is O=S(=O)(NC1CCN(c2nccs2)CC1)c1ccc(Cl)s1. The van der Waals surface area contributed by atoms with E-state index in [0.29, 0.717) is 4.34 Å². The standard InChI is InChI=1S/C12H14ClN3O2S3/c13-10-1-2-11(20-10)21(17,18)15-9-3-6-16(7-4-9)12-14-5-8-19-12/h1-2,5,8-9,15H,3-4,6-7H2. The quantitative estimate of drug-likeness (QED) is 0.907. The van der Waals surface area contributed by atoms with Gasteiger partial charge in [-0.05, 0) is 25.0 Å². The first-order valence-electron chi connectivity index (χ1n) is 6.47. The maximum atomic E-state index is 12.2. The second kappa shape index (κ2) is 6.21. The number of thiophene rings is 1. The van der Waals surface area contributed by atoms with Gasteiger partial charge in [-0.25, -0.2) is 18.1 Å². The van der Waals surface area contributed by atoms with Crippen LogP contribution in [0.15, 0.2) is 27.9 Å². The minimum atomic E-state index is -3.46. The molecule has 0 bridgehead atoms. The van der Waals surface area contributed by atoms with E-state index in [2.05, 4.69) is 14.6 Å². The molecule has 0 aliphatic carbocycles. The number of aromatic nitrogens is 1. The van der Waals surface area contributed by atoms with E-state index < -0.39 is 10.0 Å². The average molecular weight is 364 g/mol. The monoisotopic (exact) mass is 363 g/mol. The van der Waals surface area contributed by atoms with Gasteiger partial charge in [-0.2, -0.15) is 0 Å². The van der Waals surface area contributed by atoms with Gasteiger partial charge in [0.1, 0.15) is 4.21 Å². The number of piperidine rings is 1. The summed E-state index contributed by atoms with van der Waals surface area (Å²) in [4.78, 5) is 6.47. The zero-order chi connectivity index (χ0) is 14.9. The minimum Gasteiger partial charge on any atom is -0.348 e. The molecule has 2 aromatic heterocycles. The van der Waals surface area contributed by atoms with E-state index in [1.54, 1.807) is 29.7 Å². The van der Waals surface area contributed by atoms with Crippen LogP contribution in [0.2, 0.25) is 4.34 Å². The number of thiazole rings is 1. The van der Waals surface area contributed by atoms with E-state index >= 15 is 0 Å². The lowest BCUT2D eigenvalue weighted by molar-refractivity contribution is 0.460. The molecule has 0 unspecified atom stereocenters. The van der Waals surface area contributed by atoms with Crippen LogP contribution in [0.3, 0.4) is 0 Å². The Kier molecular flexibility index (Phi) is 4.51. The summed E-state index contributed by atoms with van der Waals surface area (Å²) in [5.74, 6) is 0. The van der Waals surface area contributed by atoms with E-state index in [-0.39, 0.29) is 10.3 Å². The number of halogens is 1. The Hall–Kier alpha value is -0.670. The van der Waals surface area contributed by atoms with Gasteiger partial charge in [0.15, 0.2) is 5.13 Å². The van der Waals surface area contributed by atoms with E-state index in [1.165, 1.54) is 0 Å². The Labute approximate surface area is 136 Å². The van der Waals surface area contributed by atoms with Gasteiger partial charge in [-0.15, -0.1) is 22.7 Å². The van der Waals surface area contributed by atoms with Crippen LogP contribution < -0.4 is 9.62 Å². The fraction of sp³-hybridized carbons (Fsp3) is 0.417. The van der Waals surface area contributed by atoms with Crippen molar-refractivity contribution in [2.45, 2.75) is 23.1 Å². The van der Waals surface area contributed by atoms with Crippen molar-refractivity contribution < 1.29 is 8.42 Å². The van der Waals surface area contributed by atoms with Gasteiger partial charge >= 0.3 is 0 Å². The number of hydrogen-bond acceptors (Lipinski definition) is 6. The van der Waals surface area contributed by atoms with Crippen LogP contribution in [-0.4, -0.2) is 32.5 Å². The second-order valence-electron chi connectivity index (χ2n) is 4.76. The van der Waals surface area contributed by atoms with Crippen LogP contribution in [0.5, 0.6) is 0 Å². The minimum absolute atomic E-state index is 0.0351. The Morgan fingerprint density at radius 2 is 2.10 bits per heavy atom. The van der Waals surface area contributed by atoms with Crippen molar-refractivity contribution in [1.29, 1.82) is 0 Å². The topological polar surface area (TPSA) is 62.3 Å². The van der Waals surface area contributed by atoms with Crippen molar-refractivity contribution in [3.05, 3.63) is 28.0 Å². The number of rotatable bonds is 4. The second-order valence-corrected chi connectivity index (χ2v) is 9.28. The molecule has 2 aromatic rings. The molecule has 0 amide bonds.